The molecule has 10 rings (SSSR count). The van der Waals surface area contributed by atoms with E-state index in [1.54, 1.807) is 48.5 Å². The lowest BCUT2D eigenvalue weighted by Crippen LogP contribution is -2.60. The fourth-order valence-corrected chi connectivity index (χ4v) is 14.9. The quantitative estimate of drug-likeness (QED) is 0.179. The van der Waals surface area contributed by atoms with Crippen molar-refractivity contribution in [2.45, 2.75) is 48.8 Å². The molecule has 2 heterocycles. The van der Waals surface area contributed by atoms with Crippen molar-refractivity contribution in [2.24, 2.45) is 11.8 Å². The van der Waals surface area contributed by atoms with Gasteiger partial charge in [0.25, 0.3) is 0 Å². The maximum atomic E-state index is 16.3. The van der Waals surface area contributed by atoms with E-state index in [0.29, 0.717) is 75.1 Å². The largest absolute Gasteiger partial charge is 0.487 e. The molecule has 0 radical (unpaired) electrons. The van der Waals surface area contributed by atoms with E-state index < -0.39 is 25.5 Å². The van der Waals surface area contributed by atoms with Gasteiger partial charge in [-0.25, -0.2) is 9.13 Å². The van der Waals surface area contributed by atoms with E-state index in [4.69, 9.17) is 46.5 Å². The number of fused-ring (bicyclic) bond motifs is 4. The molecule has 4 fully saturated rings. The van der Waals surface area contributed by atoms with Crippen LogP contribution in [0.2, 0.25) is 0 Å². The minimum Gasteiger partial charge on any atom is -0.487 e. The van der Waals surface area contributed by atoms with Crippen LogP contribution in [0.15, 0.2) is 97.1 Å². The number of ether oxygens (including phenoxy) is 6. The minimum atomic E-state index is -4.25. The monoisotopic (exact) mass is 804 g/mol. The predicted octanol–water partition coefficient (Wildman–Crippen LogP) is 9.36. The standard InChI is InChI=1S/C42H46O12P2/c43-55(51-37-13-5-1-9-33(37)47-21-17-45-18-22-48-34-10-2-6-14-38(34)52-55)41-26-31-25-32(27-41)29-42(28-31,30-41)56(44)53-39-15-7-3-11-35(39)49-23-19-46-20-24-50-36-12-4-8-16-40(36)54-56/h1-16,31-32H,17-30H2. The second kappa shape index (κ2) is 15.5. The molecule has 6 aliphatic rings. The van der Waals surface area contributed by atoms with Crippen LogP contribution < -0.4 is 37.0 Å². The first-order valence-electron chi connectivity index (χ1n) is 19.4. The van der Waals surface area contributed by atoms with Crippen LogP contribution in [-0.2, 0) is 18.6 Å². The predicted molar refractivity (Wildman–Crippen MR) is 207 cm³/mol. The highest BCUT2D eigenvalue weighted by atomic mass is 31.2. The van der Waals surface area contributed by atoms with Crippen molar-refractivity contribution in [2.75, 3.05) is 52.9 Å². The van der Waals surface area contributed by atoms with E-state index in [1.165, 1.54) is 0 Å². The summed E-state index contributed by atoms with van der Waals surface area (Å²) in [6.07, 6.45) is 3.26. The summed E-state index contributed by atoms with van der Waals surface area (Å²) in [6, 6.07) is 28.7. The zero-order valence-electron chi connectivity index (χ0n) is 31.1. The van der Waals surface area contributed by atoms with Crippen molar-refractivity contribution >= 4 is 15.2 Å². The minimum absolute atomic E-state index is 0.0405. The molecule has 296 valence electrons. The van der Waals surface area contributed by atoms with Crippen LogP contribution in [0.1, 0.15) is 38.5 Å². The molecule has 0 atom stereocenters. The molecule has 14 heteroatoms. The zero-order valence-corrected chi connectivity index (χ0v) is 32.9. The van der Waals surface area contributed by atoms with E-state index in [9.17, 15) is 0 Å². The van der Waals surface area contributed by atoms with Crippen molar-refractivity contribution in [3.8, 4) is 46.0 Å². The van der Waals surface area contributed by atoms with Gasteiger partial charge in [0.2, 0.25) is 0 Å². The molecular weight excluding hydrogens is 758 g/mol. The van der Waals surface area contributed by atoms with Crippen LogP contribution in [0.3, 0.4) is 0 Å². The van der Waals surface area contributed by atoms with Crippen LogP contribution in [0, 0.1) is 11.8 Å². The highest BCUT2D eigenvalue weighted by molar-refractivity contribution is 7.58. The molecule has 0 N–H and O–H groups in total. The molecule has 0 aromatic heterocycles. The second-order valence-electron chi connectivity index (χ2n) is 15.2. The molecule has 0 unspecified atom stereocenters. The van der Waals surface area contributed by atoms with Crippen LogP contribution in [0.4, 0.5) is 0 Å². The van der Waals surface area contributed by atoms with E-state index in [2.05, 4.69) is 0 Å². The first-order chi connectivity index (χ1) is 27.4. The van der Waals surface area contributed by atoms with Crippen molar-refractivity contribution in [3.05, 3.63) is 97.1 Å². The molecule has 0 saturated heterocycles. The summed E-state index contributed by atoms with van der Waals surface area (Å²) in [5, 5.41) is -2.16. The molecule has 0 spiro atoms. The van der Waals surface area contributed by atoms with Crippen molar-refractivity contribution in [1.29, 1.82) is 0 Å². The van der Waals surface area contributed by atoms with Gasteiger partial charge in [-0.05, 0) is 98.9 Å². The molecule has 4 aliphatic carbocycles. The van der Waals surface area contributed by atoms with Crippen LogP contribution in [0.5, 0.6) is 46.0 Å². The Morgan fingerprint density at radius 3 is 0.946 bits per heavy atom. The van der Waals surface area contributed by atoms with Gasteiger partial charge in [-0.3, -0.25) is 0 Å². The van der Waals surface area contributed by atoms with E-state index >= 15 is 9.13 Å². The fraction of sp³-hybridized carbons (Fsp3) is 0.429. The average Bonchev–Trinajstić information content (AvgIpc) is 3.18. The van der Waals surface area contributed by atoms with Crippen LogP contribution >= 0.6 is 15.2 Å². The normalized spacial score (nSPS) is 28.2. The molecule has 56 heavy (non-hydrogen) atoms. The molecule has 4 aromatic rings. The number of benzene rings is 4. The Balaban J connectivity index is 1.17. The molecule has 4 bridgehead atoms. The van der Waals surface area contributed by atoms with Crippen molar-refractivity contribution < 1.29 is 55.6 Å². The van der Waals surface area contributed by atoms with Gasteiger partial charge >= 0.3 is 15.2 Å². The average molecular weight is 805 g/mol. The Kier molecular flexibility index (Phi) is 10.3. The molecule has 2 aliphatic heterocycles. The third kappa shape index (κ3) is 7.22. The number of hydrogen-bond donors (Lipinski definition) is 0. The van der Waals surface area contributed by atoms with E-state index in [-0.39, 0.29) is 67.7 Å². The van der Waals surface area contributed by atoms with Gasteiger partial charge in [0.15, 0.2) is 46.0 Å². The van der Waals surface area contributed by atoms with Crippen molar-refractivity contribution in [1.82, 2.24) is 0 Å². The Labute approximate surface area is 326 Å². The van der Waals surface area contributed by atoms with Gasteiger partial charge in [0, 0.05) is 0 Å². The summed E-state index contributed by atoms with van der Waals surface area (Å²) >= 11 is 0. The third-order valence-electron chi connectivity index (χ3n) is 11.4. The number of para-hydroxylation sites is 8. The topological polar surface area (TPSA) is 126 Å². The lowest BCUT2D eigenvalue weighted by molar-refractivity contribution is 0.0279. The maximum absolute atomic E-state index is 16.3. The van der Waals surface area contributed by atoms with Crippen LogP contribution in [-0.4, -0.2) is 63.2 Å². The van der Waals surface area contributed by atoms with Gasteiger partial charge in [-0.2, -0.15) is 0 Å². The molecule has 4 saturated carbocycles. The van der Waals surface area contributed by atoms with Crippen LogP contribution in [0.25, 0.3) is 0 Å². The second-order valence-corrected chi connectivity index (χ2v) is 19.8. The lowest BCUT2D eigenvalue weighted by atomic mass is 9.55. The lowest BCUT2D eigenvalue weighted by Gasteiger charge is -2.62. The Bertz CT molecular complexity index is 1850. The summed E-state index contributed by atoms with van der Waals surface area (Å²) in [6.45, 7) is 2.32. The first-order valence-corrected chi connectivity index (χ1v) is 22.5. The number of hydrogen-bond acceptors (Lipinski definition) is 12. The Morgan fingerprint density at radius 1 is 0.393 bits per heavy atom. The van der Waals surface area contributed by atoms with Gasteiger partial charge in [-0.15, -0.1) is 0 Å². The summed E-state index contributed by atoms with van der Waals surface area (Å²) in [5.41, 5.74) is 0. The molecule has 4 aromatic carbocycles. The maximum Gasteiger partial charge on any atom is 0.437 e. The summed E-state index contributed by atoms with van der Waals surface area (Å²) in [7, 11) is -8.51. The van der Waals surface area contributed by atoms with Crippen molar-refractivity contribution in [3.63, 3.8) is 0 Å². The fourth-order valence-electron chi connectivity index (χ4n) is 9.38. The van der Waals surface area contributed by atoms with E-state index in [0.717, 1.165) is 6.42 Å². The summed E-state index contributed by atoms with van der Waals surface area (Å²) in [4.78, 5) is 0. The molecular formula is C42H46O12P2. The molecule has 12 nitrogen and oxygen atoms in total. The molecule has 0 amide bonds. The SMILES string of the molecule is O=P1(C23CC4CC(C2)CC(P2(=O)Oc5ccccc5OCCOCCOc5ccccc5O2)(C4)C3)Oc2ccccc2OCCOCCOc2ccccc2O1. The zero-order chi connectivity index (χ0) is 38.1. The van der Waals surface area contributed by atoms with Gasteiger partial charge < -0.3 is 46.5 Å². The Morgan fingerprint density at radius 2 is 0.661 bits per heavy atom. The smallest absolute Gasteiger partial charge is 0.437 e. The van der Waals surface area contributed by atoms with Gasteiger partial charge in [0.1, 0.15) is 26.4 Å². The third-order valence-corrected chi connectivity index (χ3v) is 16.5. The first kappa shape index (κ1) is 37.2. The number of rotatable bonds is 2. The van der Waals surface area contributed by atoms with E-state index in [1.807, 2.05) is 48.5 Å². The summed E-state index contributed by atoms with van der Waals surface area (Å²) < 4.78 is 95.6. The summed E-state index contributed by atoms with van der Waals surface area (Å²) in [5.74, 6) is 2.91. The van der Waals surface area contributed by atoms with Gasteiger partial charge in [0.05, 0.1) is 36.7 Å². The highest BCUT2D eigenvalue weighted by Gasteiger charge is 2.73. The van der Waals surface area contributed by atoms with Gasteiger partial charge in [-0.1, -0.05) is 48.5 Å². The Hall–Kier alpha value is -4.34. The highest BCUT2D eigenvalue weighted by Crippen LogP contribution is 2.81.